The van der Waals surface area contributed by atoms with Gasteiger partial charge >= 0.3 is 0 Å². The maximum absolute atomic E-state index is 12.4. The van der Waals surface area contributed by atoms with Crippen molar-refractivity contribution in [3.05, 3.63) is 12.2 Å². The number of ether oxygens (including phenoxy) is 4. The summed E-state index contributed by atoms with van der Waals surface area (Å²) in [5.74, 6) is -0.764. The van der Waals surface area contributed by atoms with Gasteiger partial charge in [0.05, 0.1) is 37.1 Å². The Morgan fingerprint density at radius 3 is 2.12 bits per heavy atom. The largest absolute Gasteiger partial charge is 0.393 e. The van der Waals surface area contributed by atoms with Crippen molar-refractivity contribution in [3.8, 4) is 0 Å². The van der Waals surface area contributed by atoms with Crippen molar-refractivity contribution in [2.45, 2.75) is 185 Å². The summed E-state index contributed by atoms with van der Waals surface area (Å²) >= 11 is 0. The topological polar surface area (TPSA) is 248 Å². The molecule has 15 heteroatoms. The molecule has 56 heavy (non-hydrogen) atoms. The molecule has 6 aliphatic rings. The van der Waals surface area contributed by atoms with E-state index in [1.165, 1.54) is 0 Å². The Hall–Kier alpha value is -0.860. The molecule has 6 fully saturated rings. The number of rotatable bonds is 11. The monoisotopic (exact) mass is 802 g/mol. The number of aliphatic hydroxyl groups is 9. The third-order valence-corrected chi connectivity index (χ3v) is 16.5. The van der Waals surface area contributed by atoms with Crippen molar-refractivity contribution in [2.75, 3.05) is 13.2 Å². The van der Waals surface area contributed by atoms with Crippen LogP contribution in [0.25, 0.3) is 0 Å². The molecular formula is C41H70O15. The Balaban J connectivity index is 1.29. The molecule has 4 aliphatic carbocycles. The SMILES string of the molecule is C=C(C)C(CC[C@](C)(O[C@@H]1O[C@H](CO[C@@H]2OC[C@H](O)[C@H](O)[C@H]2O)[C@@H](O)[C@H](O)[C@H]1O)[C@H]1CC[C@]2(C)[C@@H]1[C@H](O)C[C@@H]1[C@@]3(C)CC[C@H](O)C(C)(C)[C@@H]3[C@@H](O)C[C@]12C)OO. The minimum absolute atomic E-state index is 0.0601. The fraction of sp³-hybridized carbons (Fsp3) is 0.951. The molecule has 2 saturated heterocycles. The van der Waals surface area contributed by atoms with Crippen molar-refractivity contribution in [1.29, 1.82) is 0 Å². The molecule has 4 saturated carbocycles. The van der Waals surface area contributed by atoms with Crippen LogP contribution in [-0.2, 0) is 23.8 Å². The van der Waals surface area contributed by atoms with E-state index < -0.39 is 108 Å². The predicted octanol–water partition coefficient (Wildman–Crippen LogP) is 1.23. The maximum atomic E-state index is 12.4. The quantitative estimate of drug-likeness (QED) is 0.0802. The van der Waals surface area contributed by atoms with Gasteiger partial charge in [0.2, 0.25) is 0 Å². The Bertz CT molecular complexity index is 1400. The molecule has 0 aromatic carbocycles. The summed E-state index contributed by atoms with van der Waals surface area (Å²) in [6, 6.07) is 0. The zero-order valence-corrected chi connectivity index (χ0v) is 34.1. The number of fused-ring (bicyclic) bond motifs is 5. The molecule has 10 N–H and O–H groups in total. The average Bonchev–Trinajstić information content (AvgIpc) is 3.51. The first-order valence-corrected chi connectivity index (χ1v) is 20.6. The van der Waals surface area contributed by atoms with Crippen molar-refractivity contribution in [3.63, 3.8) is 0 Å². The number of hydrogen-bond donors (Lipinski definition) is 10. The molecule has 0 aromatic rings. The van der Waals surface area contributed by atoms with Gasteiger partial charge in [-0.2, -0.15) is 0 Å². The summed E-state index contributed by atoms with van der Waals surface area (Å²) < 4.78 is 23.9. The van der Waals surface area contributed by atoms with E-state index in [-0.39, 0.29) is 48.5 Å². The van der Waals surface area contributed by atoms with Gasteiger partial charge in [-0.05, 0) is 116 Å². The lowest BCUT2D eigenvalue weighted by Gasteiger charge is -2.71. The summed E-state index contributed by atoms with van der Waals surface area (Å²) in [6.45, 7) is 17.6. The lowest BCUT2D eigenvalue weighted by Crippen LogP contribution is -2.70. The van der Waals surface area contributed by atoms with Crippen LogP contribution >= 0.6 is 0 Å². The smallest absolute Gasteiger partial charge is 0.187 e. The molecule has 15 nitrogen and oxygen atoms in total. The number of aliphatic hydroxyl groups excluding tert-OH is 9. The summed E-state index contributed by atoms with van der Waals surface area (Å²) in [4.78, 5) is 4.79. The van der Waals surface area contributed by atoms with Crippen LogP contribution in [0.4, 0.5) is 0 Å². The third kappa shape index (κ3) is 7.15. The van der Waals surface area contributed by atoms with Crippen molar-refractivity contribution >= 4 is 0 Å². The third-order valence-electron chi connectivity index (χ3n) is 16.5. The van der Waals surface area contributed by atoms with Crippen LogP contribution in [0.2, 0.25) is 0 Å². The van der Waals surface area contributed by atoms with Crippen LogP contribution in [0, 0.1) is 45.3 Å². The van der Waals surface area contributed by atoms with E-state index in [0.29, 0.717) is 37.7 Å². The molecule has 0 aromatic heterocycles. The minimum Gasteiger partial charge on any atom is -0.393 e. The average molecular weight is 803 g/mol. The Morgan fingerprint density at radius 2 is 1.48 bits per heavy atom. The first-order valence-electron chi connectivity index (χ1n) is 20.6. The number of hydrogen-bond acceptors (Lipinski definition) is 15. The highest BCUT2D eigenvalue weighted by Gasteiger charge is 2.73. The summed E-state index contributed by atoms with van der Waals surface area (Å²) in [5, 5.41) is 109. The second kappa shape index (κ2) is 15.9. The Morgan fingerprint density at radius 1 is 0.821 bits per heavy atom. The highest BCUT2D eigenvalue weighted by Crippen LogP contribution is 2.76. The van der Waals surface area contributed by atoms with Crippen LogP contribution < -0.4 is 0 Å². The fourth-order valence-corrected chi connectivity index (χ4v) is 13.3. The first kappa shape index (κ1) is 44.7. The molecule has 0 spiro atoms. The normalized spacial score (nSPS) is 51.9. The van der Waals surface area contributed by atoms with Gasteiger partial charge in [-0.25, -0.2) is 4.89 Å². The minimum atomic E-state index is -1.73. The zero-order chi connectivity index (χ0) is 41.5. The fourth-order valence-electron chi connectivity index (χ4n) is 13.3. The van der Waals surface area contributed by atoms with Crippen LogP contribution in [0.1, 0.15) is 99.8 Å². The highest BCUT2D eigenvalue weighted by molar-refractivity contribution is 5.22. The molecule has 0 bridgehead atoms. The van der Waals surface area contributed by atoms with E-state index in [0.717, 1.165) is 6.42 Å². The molecule has 324 valence electrons. The van der Waals surface area contributed by atoms with Gasteiger partial charge in [0.25, 0.3) is 0 Å². The molecule has 2 heterocycles. The van der Waals surface area contributed by atoms with E-state index in [9.17, 15) is 51.2 Å². The lowest BCUT2D eigenvalue weighted by atomic mass is 9.34. The van der Waals surface area contributed by atoms with Crippen molar-refractivity contribution in [1.82, 2.24) is 0 Å². The van der Waals surface area contributed by atoms with Crippen LogP contribution in [0.5, 0.6) is 0 Å². The van der Waals surface area contributed by atoms with E-state index in [1.54, 1.807) is 6.92 Å². The standard InChI is InChI=1S/C41H70O15/c1-19(2)24(56-51)10-14-41(8,55-36-33(50)31(48)30(47)25(54-36)18-53-35-32(49)29(46)23(44)17-52-35)20-9-13-39(6)28(20)21(42)15-26-38(5)12-11-27(45)37(3,4)34(38)22(43)16-40(26,39)7/h20-36,42-51H,1,9-18H2,2-8H3/t20-,21+,22-,23-,24?,25+,26+,27-,28-,29-,30+,31-,32+,33+,34-,35-,36-,38+,39+,40+,41-/m0/s1. The molecular weight excluding hydrogens is 732 g/mol. The first-order chi connectivity index (χ1) is 26.0. The predicted molar refractivity (Wildman–Crippen MR) is 199 cm³/mol. The second-order valence-corrected chi connectivity index (χ2v) is 20.0. The van der Waals surface area contributed by atoms with E-state index >= 15 is 0 Å². The summed E-state index contributed by atoms with van der Waals surface area (Å²) in [6.07, 6.45) is -12.2. The van der Waals surface area contributed by atoms with Gasteiger partial charge in [0, 0.05) is 0 Å². The van der Waals surface area contributed by atoms with Gasteiger partial charge in [0.15, 0.2) is 12.6 Å². The Kier molecular flexibility index (Phi) is 12.7. The zero-order valence-electron chi connectivity index (χ0n) is 34.1. The molecule has 0 amide bonds. The van der Waals surface area contributed by atoms with Crippen molar-refractivity contribution in [2.24, 2.45) is 45.3 Å². The lowest BCUT2D eigenvalue weighted by molar-refractivity contribution is -0.347. The molecule has 6 rings (SSSR count). The van der Waals surface area contributed by atoms with Gasteiger partial charge < -0.3 is 64.9 Å². The molecule has 1 unspecified atom stereocenters. The Labute approximate surface area is 330 Å². The van der Waals surface area contributed by atoms with E-state index in [2.05, 4.69) is 41.2 Å². The van der Waals surface area contributed by atoms with Gasteiger partial charge in [-0.3, -0.25) is 5.26 Å². The highest BCUT2D eigenvalue weighted by atomic mass is 17.1. The summed E-state index contributed by atoms with van der Waals surface area (Å²) in [5.41, 5.74) is -2.32. The van der Waals surface area contributed by atoms with Crippen LogP contribution in [0.3, 0.4) is 0 Å². The van der Waals surface area contributed by atoms with E-state index in [4.69, 9.17) is 23.8 Å². The molecule has 0 radical (unpaired) electrons. The molecule has 2 aliphatic heterocycles. The van der Waals surface area contributed by atoms with E-state index in [1.807, 2.05) is 6.92 Å². The van der Waals surface area contributed by atoms with Crippen LogP contribution in [-0.4, -0.2) is 150 Å². The summed E-state index contributed by atoms with van der Waals surface area (Å²) in [7, 11) is 0. The van der Waals surface area contributed by atoms with Gasteiger partial charge in [0.1, 0.15) is 48.8 Å². The van der Waals surface area contributed by atoms with Crippen molar-refractivity contribution < 1.29 is 75.1 Å². The second-order valence-electron chi connectivity index (χ2n) is 20.0. The molecule has 21 atom stereocenters. The van der Waals surface area contributed by atoms with Gasteiger partial charge in [-0.15, -0.1) is 0 Å². The maximum Gasteiger partial charge on any atom is 0.187 e. The van der Waals surface area contributed by atoms with Crippen LogP contribution in [0.15, 0.2) is 12.2 Å². The van der Waals surface area contributed by atoms with Gasteiger partial charge in [-0.1, -0.05) is 41.2 Å².